The van der Waals surface area contributed by atoms with Crippen molar-refractivity contribution in [2.75, 3.05) is 6.61 Å². The fourth-order valence-corrected chi connectivity index (χ4v) is 2.11. The Morgan fingerprint density at radius 3 is 2.80 bits per heavy atom. The lowest BCUT2D eigenvalue weighted by Crippen LogP contribution is -2.28. The number of hydrogen-bond acceptors (Lipinski definition) is 4. The molecule has 1 amide bonds. The molecular weight excluding hydrogens is 323 g/mol. The van der Waals surface area contributed by atoms with Gasteiger partial charge < -0.3 is 14.8 Å². The summed E-state index contributed by atoms with van der Waals surface area (Å²) in [6.07, 6.45) is 5.38. The molecule has 0 aliphatic carbocycles. The zero-order valence-electron chi connectivity index (χ0n) is 14.5. The summed E-state index contributed by atoms with van der Waals surface area (Å²) in [5, 5.41) is 2.76. The van der Waals surface area contributed by atoms with Gasteiger partial charge in [-0.2, -0.15) is 0 Å². The Kier molecular flexibility index (Phi) is 6.51. The molecule has 0 fully saturated rings. The molecule has 0 saturated carbocycles. The Labute approximate surface area is 146 Å². The van der Waals surface area contributed by atoms with E-state index in [-0.39, 0.29) is 17.7 Å². The molecule has 5 nitrogen and oxygen atoms in total. The van der Waals surface area contributed by atoms with Gasteiger partial charge in [0.2, 0.25) is 11.8 Å². The zero-order chi connectivity index (χ0) is 18.2. The Morgan fingerprint density at radius 1 is 1.36 bits per heavy atom. The third-order valence-electron chi connectivity index (χ3n) is 3.19. The summed E-state index contributed by atoms with van der Waals surface area (Å²) in [6, 6.07) is 7.79. The van der Waals surface area contributed by atoms with Gasteiger partial charge in [-0.3, -0.25) is 4.79 Å². The Hall–Kier alpha value is -2.89. The van der Waals surface area contributed by atoms with Gasteiger partial charge in [-0.1, -0.05) is 12.2 Å². The highest BCUT2D eigenvalue weighted by Crippen LogP contribution is 2.26. The molecule has 2 rings (SSSR count). The van der Waals surface area contributed by atoms with Crippen LogP contribution in [-0.2, 0) is 4.79 Å². The number of ether oxygens (including phenoxy) is 2. The third-order valence-corrected chi connectivity index (χ3v) is 3.19. The van der Waals surface area contributed by atoms with Crippen LogP contribution in [0.1, 0.15) is 26.3 Å². The van der Waals surface area contributed by atoms with E-state index in [0.717, 1.165) is 5.56 Å². The molecule has 1 aromatic heterocycles. The monoisotopic (exact) mass is 344 g/mol. The molecule has 0 saturated heterocycles. The molecule has 0 radical (unpaired) electrons. The van der Waals surface area contributed by atoms with Crippen molar-refractivity contribution in [3.8, 4) is 17.4 Å². The molecule has 25 heavy (non-hydrogen) atoms. The molecule has 2 aromatic rings. The molecule has 0 aliphatic heterocycles. The number of carbonyl (C=O) groups is 1. The second-order valence-corrected chi connectivity index (χ2v) is 5.41. The summed E-state index contributed by atoms with van der Waals surface area (Å²) in [5.41, 5.74) is 0.874. The van der Waals surface area contributed by atoms with Crippen LogP contribution in [0.25, 0.3) is 6.08 Å². The van der Waals surface area contributed by atoms with Gasteiger partial charge in [-0.25, -0.2) is 9.37 Å². The van der Waals surface area contributed by atoms with E-state index < -0.39 is 5.82 Å². The van der Waals surface area contributed by atoms with E-state index in [1.807, 2.05) is 25.1 Å². The minimum Gasteiger partial charge on any atom is -0.491 e. The molecule has 0 unspecified atom stereocenters. The van der Waals surface area contributed by atoms with E-state index in [0.29, 0.717) is 18.2 Å². The minimum absolute atomic E-state index is 0.0652. The molecule has 6 heteroatoms. The highest BCUT2D eigenvalue weighted by molar-refractivity contribution is 5.73. The SMILES string of the molecule is CCOc1cc(Oc2ccc(/C=C/[C@H](C)NC(C)=O)cn2)ccc1F. The quantitative estimate of drug-likeness (QED) is 0.826. The number of amides is 1. The van der Waals surface area contributed by atoms with E-state index >= 15 is 0 Å². The first kappa shape index (κ1) is 18.4. The first-order valence-corrected chi connectivity index (χ1v) is 7.99. The molecule has 1 heterocycles. The molecule has 1 atom stereocenters. The highest BCUT2D eigenvalue weighted by atomic mass is 19.1. The number of halogens is 1. The van der Waals surface area contributed by atoms with Crippen LogP contribution < -0.4 is 14.8 Å². The summed E-state index contributed by atoms with van der Waals surface area (Å²) >= 11 is 0. The maximum absolute atomic E-state index is 13.5. The number of benzene rings is 1. The van der Waals surface area contributed by atoms with Crippen LogP contribution in [0.2, 0.25) is 0 Å². The average Bonchev–Trinajstić information content (AvgIpc) is 2.57. The largest absolute Gasteiger partial charge is 0.491 e. The van der Waals surface area contributed by atoms with E-state index in [2.05, 4.69) is 10.3 Å². The van der Waals surface area contributed by atoms with Crippen molar-refractivity contribution < 1.29 is 18.7 Å². The second kappa shape index (κ2) is 8.82. The van der Waals surface area contributed by atoms with Crippen LogP contribution in [-0.4, -0.2) is 23.5 Å². The van der Waals surface area contributed by atoms with Crippen molar-refractivity contribution in [2.45, 2.75) is 26.8 Å². The molecule has 132 valence electrons. The molecular formula is C19H21FN2O3. The van der Waals surface area contributed by atoms with Crippen LogP contribution >= 0.6 is 0 Å². The van der Waals surface area contributed by atoms with Gasteiger partial charge in [0.25, 0.3) is 0 Å². The Bertz CT molecular complexity index is 745. The van der Waals surface area contributed by atoms with E-state index in [1.54, 1.807) is 19.2 Å². The van der Waals surface area contributed by atoms with Crippen molar-refractivity contribution in [2.24, 2.45) is 0 Å². The summed E-state index contributed by atoms with van der Waals surface area (Å²) in [4.78, 5) is 15.2. The van der Waals surface area contributed by atoms with Gasteiger partial charge in [-0.15, -0.1) is 0 Å². The lowest BCUT2D eigenvalue weighted by Gasteiger charge is -2.09. The van der Waals surface area contributed by atoms with Gasteiger partial charge in [0, 0.05) is 31.3 Å². The maximum Gasteiger partial charge on any atom is 0.219 e. The number of rotatable bonds is 7. The van der Waals surface area contributed by atoms with E-state index in [1.165, 1.54) is 25.1 Å². The number of aromatic nitrogens is 1. The van der Waals surface area contributed by atoms with Crippen LogP contribution in [0.3, 0.4) is 0 Å². The molecule has 0 spiro atoms. The first-order valence-electron chi connectivity index (χ1n) is 7.99. The Morgan fingerprint density at radius 2 is 2.16 bits per heavy atom. The topological polar surface area (TPSA) is 60.5 Å². The van der Waals surface area contributed by atoms with Crippen LogP contribution in [0.15, 0.2) is 42.6 Å². The second-order valence-electron chi connectivity index (χ2n) is 5.41. The number of hydrogen-bond donors (Lipinski definition) is 1. The summed E-state index contributed by atoms with van der Waals surface area (Å²) in [5.74, 6) is 0.466. The normalized spacial score (nSPS) is 12.0. The van der Waals surface area contributed by atoms with E-state index in [9.17, 15) is 9.18 Å². The predicted molar refractivity (Wildman–Crippen MR) is 94.2 cm³/mol. The highest BCUT2D eigenvalue weighted by Gasteiger charge is 2.06. The van der Waals surface area contributed by atoms with Gasteiger partial charge in [0.1, 0.15) is 5.75 Å². The minimum atomic E-state index is -0.434. The molecule has 0 bridgehead atoms. The summed E-state index contributed by atoms with van der Waals surface area (Å²) < 4.78 is 24.4. The smallest absolute Gasteiger partial charge is 0.219 e. The lowest BCUT2D eigenvalue weighted by atomic mass is 10.2. The van der Waals surface area contributed by atoms with Crippen LogP contribution in [0.5, 0.6) is 17.4 Å². The van der Waals surface area contributed by atoms with Gasteiger partial charge in [0.15, 0.2) is 11.6 Å². The third kappa shape index (κ3) is 5.91. The predicted octanol–water partition coefficient (Wildman–Crippen LogP) is 3.95. The standard InChI is InChI=1S/C19H21FN2O3/c1-4-24-18-11-16(8-9-17(18)20)25-19-10-7-15(12-21-19)6-5-13(2)22-14(3)23/h5-13H,4H2,1-3H3,(H,22,23)/b6-5+/t13-/m0/s1. The van der Waals surface area contributed by atoms with Gasteiger partial charge >= 0.3 is 0 Å². The fourth-order valence-electron chi connectivity index (χ4n) is 2.11. The lowest BCUT2D eigenvalue weighted by molar-refractivity contribution is -0.119. The van der Waals surface area contributed by atoms with Gasteiger partial charge in [-0.05, 0) is 37.6 Å². The number of nitrogens with one attached hydrogen (secondary N) is 1. The van der Waals surface area contributed by atoms with Crippen molar-refractivity contribution >= 4 is 12.0 Å². The molecule has 0 aliphatic rings. The summed E-state index contributed by atoms with van der Waals surface area (Å²) in [7, 11) is 0. The number of pyridine rings is 1. The van der Waals surface area contributed by atoms with Crippen LogP contribution in [0.4, 0.5) is 4.39 Å². The van der Waals surface area contributed by atoms with Crippen molar-refractivity contribution in [3.63, 3.8) is 0 Å². The van der Waals surface area contributed by atoms with Crippen molar-refractivity contribution in [1.82, 2.24) is 10.3 Å². The van der Waals surface area contributed by atoms with Gasteiger partial charge in [0.05, 0.1) is 6.61 Å². The number of nitrogens with zero attached hydrogens (tertiary/aromatic N) is 1. The summed E-state index contributed by atoms with van der Waals surface area (Å²) in [6.45, 7) is 5.52. The zero-order valence-corrected chi connectivity index (χ0v) is 14.5. The van der Waals surface area contributed by atoms with Crippen LogP contribution in [0, 0.1) is 5.82 Å². The van der Waals surface area contributed by atoms with Crippen molar-refractivity contribution in [1.29, 1.82) is 0 Å². The molecule has 1 aromatic carbocycles. The van der Waals surface area contributed by atoms with Crippen molar-refractivity contribution in [3.05, 3.63) is 54.0 Å². The van der Waals surface area contributed by atoms with E-state index in [4.69, 9.17) is 9.47 Å². The molecule has 1 N–H and O–H groups in total. The first-order chi connectivity index (χ1) is 12.0. The maximum atomic E-state index is 13.5. The fraction of sp³-hybridized carbons (Fsp3) is 0.263. The average molecular weight is 344 g/mol. The Balaban J connectivity index is 2.02. The number of carbonyl (C=O) groups excluding carboxylic acids is 1.